The molecular weight excluding hydrogens is 285 g/mol. The summed E-state index contributed by atoms with van der Waals surface area (Å²) in [5.41, 5.74) is 0.985. The highest BCUT2D eigenvalue weighted by atomic mass is 19.1. The summed E-state index contributed by atoms with van der Waals surface area (Å²) in [5, 5.41) is 2.77. The molecule has 0 atom stereocenters. The summed E-state index contributed by atoms with van der Waals surface area (Å²) in [4.78, 5) is 24.6. The van der Waals surface area contributed by atoms with Gasteiger partial charge in [0.15, 0.2) is 0 Å². The van der Waals surface area contributed by atoms with Gasteiger partial charge in [-0.25, -0.2) is 9.18 Å². The number of carbonyl (C=O) groups excluding carboxylic acids is 2. The van der Waals surface area contributed by atoms with Gasteiger partial charge in [0.2, 0.25) is 5.91 Å². The fraction of sp³-hybridized carbons (Fsp3) is 0.375. The van der Waals surface area contributed by atoms with Gasteiger partial charge in [0, 0.05) is 30.1 Å². The van der Waals surface area contributed by atoms with Crippen molar-refractivity contribution in [2.24, 2.45) is 0 Å². The smallest absolute Gasteiger partial charge is 0.328 e. The van der Waals surface area contributed by atoms with Crippen molar-refractivity contribution >= 4 is 28.5 Å². The lowest BCUT2D eigenvalue weighted by Crippen LogP contribution is -2.49. The lowest BCUT2D eigenvalue weighted by molar-refractivity contribution is -0.120. The topological polar surface area (TPSA) is 54.3 Å². The van der Waals surface area contributed by atoms with E-state index < -0.39 is 6.03 Å². The number of hydrogen-bond acceptors (Lipinski definition) is 2. The fourth-order valence-corrected chi connectivity index (χ4v) is 2.73. The van der Waals surface area contributed by atoms with Gasteiger partial charge < -0.3 is 4.57 Å². The highest BCUT2D eigenvalue weighted by Crippen LogP contribution is 2.30. The molecule has 0 aliphatic carbocycles. The Labute approximate surface area is 127 Å². The van der Waals surface area contributed by atoms with Gasteiger partial charge in [0.25, 0.3) is 0 Å². The van der Waals surface area contributed by atoms with Crippen LogP contribution in [0.3, 0.4) is 0 Å². The Morgan fingerprint density at radius 3 is 2.59 bits per heavy atom. The van der Waals surface area contributed by atoms with E-state index in [0.29, 0.717) is 11.1 Å². The second kappa shape index (κ2) is 4.83. The van der Waals surface area contributed by atoms with Crippen LogP contribution >= 0.6 is 0 Å². The number of fused-ring (bicyclic) bond motifs is 1. The summed E-state index contributed by atoms with van der Waals surface area (Å²) in [6, 6.07) is 4.35. The third-order valence-electron chi connectivity index (χ3n) is 3.83. The second-order valence-electron chi connectivity index (χ2n) is 6.47. The molecule has 1 saturated heterocycles. The van der Waals surface area contributed by atoms with E-state index in [1.807, 2.05) is 31.5 Å². The summed E-state index contributed by atoms with van der Waals surface area (Å²) in [7, 11) is 0. The Morgan fingerprint density at radius 1 is 1.23 bits per heavy atom. The number of urea groups is 1. The van der Waals surface area contributed by atoms with E-state index in [4.69, 9.17) is 0 Å². The zero-order valence-electron chi connectivity index (χ0n) is 12.8. The molecule has 3 rings (SSSR count). The number of amides is 3. The number of nitrogens with one attached hydrogen (secondary N) is 1. The number of nitrogens with zero attached hydrogens (tertiary/aromatic N) is 2. The van der Waals surface area contributed by atoms with E-state index in [0.717, 1.165) is 5.52 Å². The molecule has 1 aliphatic heterocycles. The van der Waals surface area contributed by atoms with Gasteiger partial charge in [-0.05, 0) is 39.0 Å². The Hall–Kier alpha value is -2.37. The first kappa shape index (κ1) is 14.6. The molecule has 6 heteroatoms. The highest BCUT2D eigenvalue weighted by molar-refractivity contribution is 6.06. The van der Waals surface area contributed by atoms with Crippen LogP contribution in [-0.2, 0) is 10.3 Å². The first-order valence-corrected chi connectivity index (χ1v) is 7.20. The lowest BCUT2D eigenvalue weighted by Gasteiger charge is -2.27. The number of rotatable bonds is 1. The van der Waals surface area contributed by atoms with Crippen LogP contribution in [0.5, 0.6) is 0 Å². The standard InChI is InChI=1S/C16H18FN3O2/c1-16(2,3)20-7-4-11-12(17)8-10(9-13(11)20)19-6-5-14(21)18-15(19)22/h4,7-9H,5-6H2,1-3H3,(H,18,21,22). The molecular formula is C16H18FN3O2. The third-order valence-corrected chi connectivity index (χ3v) is 3.83. The SMILES string of the molecule is CC(C)(C)n1ccc2c(F)cc(N3CCC(=O)NC3=O)cc21. The highest BCUT2D eigenvalue weighted by Gasteiger charge is 2.26. The summed E-state index contributed by atoms with van der Waals surface area (Å²) in [6.45, 7) is 6.35. The monoisotopic (exact) mass is 303 g/mol. The van der Waals surface area contributed by atoms with Crippen molar-refractivity contribution < 1.29 is 14.0 Å². The van der Waals surface area contributed by atoms with Crippen LogP contribution in [0, 0.1) is 5.82 Å². The molecule has 1 N–H and O–H groups in total. The molecule has 0 radical (unpaired) electrons. The van der Waals surface area contributed by atoms with Crippen LogP contribution in [0.4, 0.5) is 14.9 Å². The number of carbonyl (C=O) groups is 2. The Kier molecular flexibility index (Phi) is 3.20. The van der Waals surface area contributed by atoms with Crippen LogP contribution in [0.2, 0.25) is 0 Å². The number of benzene rings is 1. The van der Waals surface area contributed by atoms with Crippen molar-refractivity contribution in [3.05, 3.63) is 30.2 Å². The minimum absolute atomic E-state index is 0.201. The molecule has 116 valence electrons. The Bertz CT molecular complexity index is 774. The molecule has 2 aromatic rings. The summed E-state index contributed by atoms with van der Waals surface area (Å²) in [6.07, 6.45) is 2.06. The first-order valence-electron chi connectivity index (χ1n) is 7.20. The third kappa shape index (κ3) is 2.34. The maximum atomic E-state index is 14.4. The van der Waals surface area contributed by atoms with Gasteiger partial charge in [0.1, 0.15) is 5.82 Å². The lowest BCUT2D eigenvalue weighted by atomic mass is 10.1. The minimum Gasteiger partial charge on any atom is -0.342 e. The maximum absolute atomic E-state index is 14.4. The zero-order chi connectivity index (χ0) is 16.1. The molecule has 1 aromatic carbocycles. The van der Waals surface area contributed by atoms with Crippen LogP contribution < -0.4 is 10.2 Å². The molecule has 5 nitrogen and oxygen atoms in total. The molecule has 0 bridgehead atoms. The normalized spacial score (nSPS) is 16.3. The Balaban J connectivity index is 2.12. The van der Waals surface area contributed by atoms with E-state index >= 15 is 0 Å². The van der Waals surface area contributed by atoms with Crippen molar-refractivity contribution in [3.63, 3.8) is 0 Å². The molecule has 1 fully saturated rings. The molecule has 0 unspecified atom stereocenters. The molecule has 3 amide bonds. The van der Waals surface area contributed by atoms with Gasteiger partial charge >= 0.3 is 6.03 Å². The largest absolute Gasteiger partial charge is 0.342 e. The molecule has 2 heterocycles. The molecule has 0 saturated carbocycles. The molecule has 1 aliphatic rings. The van der Waals surface area contributed by atoms with E-state index in [-0.39, 0.29) is 30.2 Å². The summed E-state index contributed by atoms with van der Waals surface area (Å²) >= 11 is 0. The Morgan fingerprint density at radius 2 is 1.95 bits per heavy atom. The van der Waals surface area contributed by atoms with Crippen LogP contribution in [0.1, 0.15) is 27.2 Å². The number of anilines is 1. The van der Waals surface area contributed by atoms with Gasteiger partial charge in [-0.15, -0.1) is 0 Å². The maximum Gasteiger partial charge on any atom is 0.328 e. The van der Waals surface area contributed by atoms with Crippen molar-refractivity contribution in [1.29, 1.82) is 0 Å². The number of imide groups is 1. The van der Waals surface area contributed by atoms with E-state index in [2.05, 4.69) is 5.32 Å². The average Bonchev–Trinajstić information content (AvgIpc) is 2.82. The van der Waals surface area contributed by atoms with E-state index in [9.17, 15) is 14.0 Å². The predicted molar refractivity (Wildman–Crippen MR) is 82.4 cm³/mol. The molecule has 0 spiro atoms. The van der Waals surface area contributed by atoms with Crippen molar-refractivity contribution in [2.45, 2.75) is 32.7 Å². The number of halogens is 1. The summed E-state index contributed by atoms with van der Waals surface area (Å²) in [5.74, 6) is -0.680. The van der Waals surface area contributed by atoms with Crippen molar-refractivity contribution in [2.75, 3.05) is 11.4 Å². The first-order chi connectivity index (χ1) is 10.3. The molecule has 22 heavy (non-hydrogen) atoms. The van der Waals surface area contributed by atoms with E-state index in [1.165, 1.54) is 11.0 Å². The van der Waals surface area contributed by atoms with Gasteiger partial charge in [-0.3, -0.25) is 15.0 Å². The van der Waals surface area contributed by atoms with Crippen LogP contribution in [0.25, 0.3) is 10.9 Å². The fourth-order valence-electron chi connectivity index (χ4n) is 2.73. The van der Waals surface area contributed by atoms with Crippen molar-refractivity contribution in [1.82, 2.24) is 9.88 Å². The molecule has 1 aromatic heterocycles. The van der Waals surface area contributed by atoms with Crippen LogP contribution in [-0.4, -0.2) is 23.1 Å². The second-order valence-corrected chi connectivity index (χ2v) is 6.47. The van der Waals surface area contributed by atoms with Gasteiger partial charge in [-0.2, -0.15) is 0 Å². The van der Waals surface area contributed by atoms with Gasteiger partial charge in [-0.1, -0.05) is 0 Å². The van der Waals surface area contributed by atoms with E-state index in [1.54, 1.807) is 12.1 Å². The van der Waals surface area contributed by atoms with Crippen molar-refractivity contribution in [3.8, 4) is 0 Å². The summed E-state index contributed by atoms with van der Waals surface area (Å²) < 4.78 is 16.3. The van der Waals surface area contributed by atoms with Gasteiger partial charge in [0.05, 0.1) is 11.2 Å². The predicted octanol–water partition coefficient (Wildman–Crippen LogP) is 2.98. The number of aromatic nitrogens is 1. The zero-order valence-corrected chi connectivity index (χ0v) is 12.8. The average molecular weight is 303 g/mol. The van der Waals surface area contributed by atoms with Crippen LogP contribution in [0.15, 0.2) is 24.4 Å². The quantitative estimate of drug-likeness (QED) is 0.880. The minimum atomic E-state index is -0.510. The number of hydrogen-bond donors (Lipinski definition) is 1.